The maximum absolute atomic E-state index is 13.0. The lowest BCUT2D eigenvalue weighted by molar-refractivity contribution is 0.150. The van der Waals surface area contributed by atoms with Crippen molar-refractivity contribution in [3.63, 3.8) is 0 Å². The summed E-state index contributed by atoms with van der Waals surface area (Å²) in [6.45, 7) is 4.14. The highest BCUT2D eigenvalue weighted by molar-refractivity contribution is 5.93. The topological polar surface area (TPSA) is 55.1 Å². The van der Waals surface area contributed by atoms with Crippen molar-refractivity contribution in [1.29, 1.82) is 0 Å². The van der Waals surface area contributed by atoms with Gasteiger partial charge in [0.15, 0.2) is 0 Å². The molecule has 0 amide bonds. The minimum Gasteiger partial charge on any atom is -0.386 e. The largest absolute Gasteiger partial charge is 0.386 e. The minimum atomic E-state index is -0.808. The fraction of sp³-hybridized carbons (Fsp3) is 0.167. The summed E-state index contributed by atoms with van der Waals surface area (Å²) < 4.78 is 1.38. The Morgan fingerprint density at radius 1 is 0.857 bits per heavy atom. The molecule has 0 fully saturated rings. The van der Waals surface area contributed by atoms with Gasteiger partial charge in [0.05, 0.1) is 23.7 Å². The number of aryl methyl sites for hydroxylation is 2. The van der Waals surface area contributed by atoms with Crippen LogP contribution in [0.2, 0.25) is 0 Å². The summed E-state index contributed by atoms with van der Waals surface area (Å²) in [5.74, 6) is 0. The zero-order valence-electron chi connectivity index (χ0n) is 16.0. The second-order valence-electron chi connectivity index (χ2n) is 7.17. The molecular weight excluding hydrogens is 348 g/mol. The average molecular weight is 370 g/mol. The highest BCUT2D eigenvalue weighted by atomic mass is 16.3. The third-order valence-corrected chi connectivity index (χ3v) is 5.00. The molecule has 1 aromatic heterocycles. The predicted molar refractivity (Wildman–Crippen MR) is 112 cm³/mol. The predicted octanol–water partition coefficient (Wildman–Crippen LogP) is 4.41. The molecule has 0 saturated heterocycles. The van der Waals surface area contributed by atoms with Crippen molar-refractivity contribution in [1.82, 2.24) is 9.78 Å². The van der Waals surface area contributed by atoms with Crippen LogP contribution in [0.3, 0.4) is 0 Å². The molecule has 1 heterocycles. The Labute approximate surface area is 163 Å². The molecule has 1 atom stereocenters. The van der Waals surface area contributed by atoms with Gasteiger partial charge in [-0.25, -0.2) is 4.68 Å². The van der Waals surface area contributed by atoms with Crippen LogP contribution in [0.4, 0.5) is 0 Å². The van der Waals surface area contributed by atoms with Gasteiger partial charge in [-0.1, -0.05) is 77.9 Å². The number of hydrogen-bond acceptors (Lipinski definition) is 3. The van der Waals surface area contributed by atoms with Gasteiger partial charge < -0.3 is 5.11 Å². The molecule has 0 spiro atoms. The van der Waals surface area contributed by atoms with Gasteiger partial charge >= 0.3 is 0 Å². The minimum absolute atomic E-state index is 0.103. The molecule has 0 aliphatic carbocycles. The van der Waals surface area contributed by atoms with E-state index < -0.39 is 6.10 Å². The van der Waals surface area contributed by atoms with Crippen LogP contribution in [0, 0.1) is 13.8 Å². The fourth-order valence-corrected chi connectivity index (χ4v) is 3.34. The molecule has 140 valence electrons. The molecule has 28 heavy (non-hydrogen) atoms. The number of aliphatic hydroxyl groups excluding tert-OH is 1. The highest BCUT2D eigenvalue weighted by Gasteiger charge is 2.15. The van der Waals surface area contributed by atoms with Crippen molar-refractivity contribution in [2.45, 2.75) is 26.5 Å². The maximum atomic E-state index is 13.0. The number of rotatable bonds is 4. The van der Waals surface area contributed by atoms with E-state index in [1.807, 2.05) is 86.6 Å². The number of aliphatic hydroxyl groups is 1. The summed E-state index contributed by atoms with van der Waals surface area (Å²) in [7, 11) is 0. The van der Waals surface area contributed by atoms with E-state index in [9.17, 15) is 9.90 Å². The summed E-state index contributed by atoms with van der Waals surface area (Å²) in [6.07, 6.45) is -0.808. The Morgan fingerprint density at radius 2 is 1.43 bits per heavy atom. The molecule has 1 unspecified atom stereocenters. The quantitative estimate of drug-likeness (QED) is 0.579. The zero-order chi connectivity index (χ0) is 19.7. The van der Waals surface area contributed by atoms with Crippen LogP contribution in [0.25, 0.3) is 22.0 Å². The van der Waals surface area contributed by atoms with E-state index in [0.29, 0.717) is 5.39 Å². The van der Waals surface area contributed by atoms with Crippen LogP contribution in [-0.2, 0) is 6.54 Å². The lowest BCUT2D eigenvalue weighted by Crippen LogP contribution is -2.26. The van der Waals surface area contributed by atoms with Gasteiger partial charge in [0.2, 0.25) is 0 Å². The molecule has 0 aliphatic heterocycles. The number of benzene rings is 3. The first-order valence-electron chi connectivity index (χ1n) is 9.34. The smallest absolute Gasteiger partial charge is 0.274 e. The van der Waals surface area contributed by atoms with Gasteiger partial charge in [0, 0.05) is 10.9 Å². The summed E-state index contributed by atoms with van der Waals surface area (Å²) in [5, 5.41) is 16.7. The van der Waals surface area contributed by atoms with Gasteiger partial charge in [-0.15, -0.1) is 0 Å². The first kappa shape index (κ1) is 18.1. The molecule has 1 N–H and O–H groups in total. The van der Waals surface area contributed by atoms with Crippen molar-refractivity contribution in [2.75, 3.05) is 0 Å². The third-order valence-electron chi connectivity index (χ3n) is 5.00. The standard InChI is InChI=1S/C24H22N2O2/c1-16-7-11-18(12-8-16)22(27)15-26-24(28)21-6-4-3-5-20(21)23(25-26)19-13-9-17(2)10-14-19/h3-14,22,27H,15H2,1-2H3. The summed E-state index contributed by atoms with van der Waals surface area (Å²) in [4.78, 5) is 13.0. The van der Waals surface area contributed by atoms with Crippen LogP contribution in [0.5, 0.6) is 0 Å². The Kier molecular flexibility index (Phi) is 4.80. The second kappa shape index (κ2) is 7.41. The Hall–Kier alpha value is -3.24. The lowest BCUT2D eigenvalue weighted by atomic mass is 10.0. The van der Waals surface area contributed by atoms with Crippen LogP contribution in [0.1, 0.15) is 22.8 Å². The van der Waals surface area contributed by atoms with Gasteiger partial charge in [-0.2, -0.15) is 5.10 Å². The van der Waals surface area contributed by atoms with Crippen LogP contribution in [-0.4, -0.2) is 14.9 Å². The monoisotopic (exact) mass is 370 g/mol. The Morgan fingerprint density at radius 3 is 2.07 bits per heavy atom. The van der Waals surface area contributed by atoms with Gasteiger partial charge in [-0.05, 0) is 25.5 Å². The molecule has 0 bridgehead atoms. The first-order valence-corrected chi connectivity index (χ1v) is 9.34. The molecule has 0 aliphatic rings. The highest BCUT2D eigenvalue weighted by Crippen LogP contribution is 2.25. The van der Waals surface area contributed by atoms with Crippen LogP contribution < -0.4 is 5.56 Å². The Bertz CT molecular complexity index is 1180. The molecule has 0 radical (unpaired) electrons. The van der Waals surface area contributed by atoms with Crippen LogP contribution in [0.15, 0.2) is 77.6 Å². The van der Waals surface area contributed by atoms with E-state index >= 15 is 0 Å². The fourth-order valence-electron chi connectivity index (χ4n) is 3.34. The molecule has 3 aromatic carbocycles. The molecule has 0 saturated carbocycles. The van der Waals surface area contributed by atoms with Crippen molar-refractivity contribution >= 4 is 10.8 Å². The zero-order valence-corrected chi connectivity index (χ0v) is 16.0. The van der Waals surface area contributed by atoms with Crippen LogP contribution >= 0.6 is 0 Å². The molecule has 4 aromatic rings. The van der Waals surface area contributed by atoms with Crippen molar-refractivity contribution in [3.05, 3.63) is 99.8 Å². The molecule has 4 nitrogen and oxygen atoms in total. The van der Waals surface area contributed by atoms with E-state index in [-0.39, 0.29) is 12.1 Å². The maximum Gasteiger partial charge on any atom is 0.274 e. The SMILES string of the molecule is Cc1ccc(-c2nn(CC(O)c3ccc(C)cc3)c(=O)c3ccccc23)cc1. The normalized spacial score (nSPS) is 12.2. The van der Waals surface area contributed by atoms with E-state index in [0.717, 1.165) is 33.3 Å². The van der Waals surface area contributed by atoms with Crippen molar-refractivity contribution in [2.24, 2.45) is 0 Å². The van der Waals surface area contributed by atoms with Crippen molar-refractivity contribution in [3.8, 4) is 11.3 Å². The molecular formula is C24H22N2O2. The summed E-state index contributed by atoms with van der Waals surface area (Å²) in [5.41, 5.74) is 4.54. The van der Waals surface area contributed by atoms with E-state index in [2.05, 4.69) is 5.10 Å². The summed E-state index contributed by atoms with van der Waals surface area (Å²) >= 11 is 0. The number of hydrogen-bond donors (Lipinski definition) is 1. The lowest BCUT2D eigenvalue weighted by Gasteiger charge is -2.15. The number of nitrogens with zero attached hydrogens (tertiary/aromatic N) is 2. The Balaban J connectivity index is 1.82. The van der Waals surface area contributed by atoms with Gasteiger partial charge in [0.1, 0.15) is 0 Å². The summed E-state index contributed by atoms with van der Waals surface area (Å²) in [6, 6.07) is 23.2. The van der Waals surface area contributed by atoms with Gasteiger partial charge in [0.25, 0.3) is 5.56 Å². The number of fused-ring (bicyclic) bond motifs is 1. The molecule has 4 heteroatoms. The third kappa shape index (κ3) is 3.47. The number of aromatic nitrogens is 2. The van der Waals surface area contributed by atoms with E-state index in [1.54, 1.807) is 0 Å². The second-order valence-corrected chi connectivity index (χ2v) is 7.17. The molecule has 4 rings (SSSR count). The first-order chi connectivity index (χ1) is 13.5. The van der Waals surface area contributed by atoms with E-state index in [1.165, 1.54) is 4.68 Å². The van der Waals surface area contributed by atoms with Gasteiger partial charge in [-0.3, -0.25) is 4.79 Å². The average Bonchev–Trinajstić information content (AvgIpc) is 2.71. The van der Waals surface area contributed by atoms with E-state index in [4.69, 9.17) is 0 Å². The van der Waals surface area contributed by atoms with Crippen molar-refractivity contribution < 1.29 is 5.11 Å².